The third-order valence-corrected chi connectivity index (χ3v) is 2.14. The zero-order chi connectivity index (χ0) is 9.26. The number of hydrogen-bond acceptors (Lipinski definition) is 2. The van der Waals surface area contributed by atoms with Crippen molar-refractivity contribution < 1.29 is 4.74 Å². The Morgan fingerprint density at radius 3 is 2.77 bits per heavy atom. The van der Waals surface area contributed by atoms with Crippen molar-refractivity contribution in [3.8, 4) is 5.75 Å². The van der Waals surface area contributed by atoms with Crippen molar-refractivity contribution in [1.82, 2.24) is 4.98 Å². The summed E-state index contributed by atoms with van der Waals surface area (Å²) >= 11 is 0. The van der Waals surface area contributed by atoms with Crippen molar-refractivity contribution in [2.24, 2.45) is 0 Å². The minimum absolute atomic E-state index is 0.873. The molecule has 1 heterocycles. The van der Waals surface area contributed by atoms with E-state index in [1.807, 2.05) is 37.4 Å². The summed E-state index contributed by atoms with van der Waals surface area (Å²) in [6.45, 7) is 1.95. The second-order valence-electron chi connectivity index (χ2n) is 2.96. The van der Waals surface area contributed by atoms with Gasteiger partial charge in [-0.3, -0.25) is 4.98 Å². The first-order valence-electron chi connectivity index (χ1n) is 4.21. The van der Waals surface area contributed by atoms with Gasteiger partial charge in [0.2, 0.25) is 0 Å². The minimum atomic E-state index is 0.873. The number of aryl methyl sites for hydroxylation is 1. The molecule has 0 unspecified atom stereocenters. The Balaban J connectivity index is 2.84. The summed E-state index contributed by atoms with van der Waals surface area (Å²) in [5.41, 5.74) is 0.932. The van der Waals surface area contributed by atoms with E-state index in [1.165, 1.54) is 0 Å². The first kappa shape index (κ1) is 8.05. The second-order valence-corrected chi connectivity index (χ2v) is 2.96. The van der Waals surface area contributed by atoms with Gasteiger partial charge >= 0.3 is 0 Å². The first-order chi connectivity index (χ1) is 6.33. The highest BCUT2D eigenvalue weighted by Crippen LogP contribution is 2.26. The predicted molar refractivity (Wildman–Crippen MR) is 53.0 cm³/mol. The molecule has 0 radical (unpaired) electrons. The van der Waals surface area contributed by atoms with Crippen LogP contribution < -0.4 is 4.74 Å². The average molecular weight is 173 g/mol. The maximum absolute atomic E-state index is 5.30. The van der Waals surface area contributed by atoms with Crippen LogP contribution in [0.2, 0.25) is 0 Å². The Kier molecular flexibility index (Phi) is 1.89. The molecule has 0 bridgehead atoms. The quantitative estimate of drug-likeness (QED) is 0.661. The van der Waals surface area contributed by atoms with Crippen LogP contribution in [0.3, 0.4) is 0 Å². The summed E-state index contributed by atoms with van der Waals surface area (Å²) in [4.78, 5) is 4.25. The number of pyridine rings is 1. The van der Waals surface area contributed by atoms with Crippen molar-refractivity contribution in [3.05, 3.63) is 36.2 Å². The lowest BCUT2D eigenvalue weighted by molar-refractivity contribution is 0.414. The number of ether oxygens (including phenoxy) is 1. The number of methoxy groups -OCH3 is 1. The fourth-order valence-electron chi connectivity index (χ4n) is 1.49. The van der Waals surface area contributed by atoms with Gasteiger partial charge in [-0.25, -0.2) is 0 Å². The van der Waals surface area contributed by atoms with Crippen molar-refractivity contribution in [3.63, 3.8) is 0 Å². The van der Waals surface area contributed by atoms with Crippen LogP contribution in [-0.4, -0.2) is 12.1 Å². The fraction of sp³-hybridized carbons (Fsp3) is 0.182. The van der Waals surface area contributed by atoms with E-state index >= 15 is 0 Å². The zero-order valence-electron chi connectivity index (χ0n) is 7.74. The minimum Gasteiger partial charge on any atom is -0.494 e. The van der Waals surface area contributed by atoms with Gasteiger partial charge in [-0.15, -0.1) is 0 Å². The number of hydrogen-bond donors (Lipinski definition) is 0. The number of benzene rings is 1. The molecule has 0 spiro atoms. The van der Waals surface area contributed by atoms with Crippen LogP contribution in [0, 0.1) is 6.92 Å². The van der Waals surface area contributed by atoms with Gasteiger partial charge < -0.3 is 4.74 Å². The first-order valence-corrected chi connectivity index (χ1v) is 4.21. The van der Waals surface area contributed by atoms with Gasteiger partial charge in [-0.1, -0.05) is 24.3 Å². The molecule has 1 aromatic carbocycles. The van der Waals surface area contributed by atoms with Crippen LogP contribution in [0.4, 0.5) is 0 Å². The molecule has 0 saturated carbocycles. The van der Waals surface area contributed by atoms with Crippen molar-refractivity contribution in [1.29, 1.82) is 0 Å². The van der Waals surface area contributed by atoms with E-state index in [2.05, 4.69) is 4.98 Å². The molecule has 2 aromatic rings. The van der Waals surface area contributed by atoms with Crippen LogP contribution in [0.1, 0.15) is 5.69 Å². The Labute approximate surface area is 77.2 Å². The Morgan fingerprint density at radius 2 is 2.00 bits per heavy atom. The highest BCUT2D eigenvalue weighted by atomic mass is 16.5. The second kappa shape index (κ2) is 3.05. The molecule has 0 aliphatic carbocycles. The molecule has 0 fully saturated rings. The molecule has 0 saturated heterocycles. The third-order valence-electron chi connectivity index (χ3n) is 2.14. The number of nitrogens with zero attached hydrogens (tertiary/aromatic N) is 1. The average Bonchev–Trinajstić information content (AvgIpc) is 2.18. The van der Waals surface area contributed by atoms with Crippen molar-refractivity contribution >= 4 is 10.8 Å². The molecule has 0 aliphatic heterocycles. The lowest BCUT2D eigenvalue weighted by atomic mass is 10.1. The van der Waals surface area contributed by atoms with E-state index in [4.69, 9.17) is 4.74 Å². The van der Waals surface area contributed by atoms with Gasteiger partial charge in [0.15, 0.2) is 0 Å². The van der Waals surface area contributed by atoms with E-state index in [9.17, 15) is 0 Å². The van der Waals surface area contributed by atoms with Gasteiger partial charge in [0.25, 0.3) is 0 Å². The monoisotopic (exact) mass is 173 g/mol. The van der Waals surface area contributed by atoms with E-state index in [0.717, 1.165) is 22.2 Å². The van der Waals surface area contributed by atoms with Gasteiger partial charge in [-0.2, -0.15) is 0 Å². The van der Waals surface area contributed by atoms with E-state index < -0.39 is 0 Å². The highest BCUT2D eigenvalue weighted by Gasteiger charge is 2.04. The molecule has 13 heavy (non-hydrogen) atoms. The molecule has 2 heteroatoms. The molecular weight excluding hydrogens is 162 g/mol. The van der Waals surface area contributed by atoms with E-state index in [0.29, 0.717) is 0 Å². The molecule has 0 aliphatic rings. The number of rotatable bonds is 1. The van der Waals surface area contributed by atoms with Crippen LogP contribution in [0.15, 0.2) is 30.5 Å². The number of fused-ring (bicyclic) bond motifs is 1. The normalized spacial score (nSPS) is 10.3. The van der Waals surface area contributed by atoms with Gasteiger partial charge in [-0.05, 0) is 6.92 Å². The van der Waals surface area contributed by atoms with Crippen molar-refractivity contribution in [2.45, 2.75) is 6.92 Å². The summed E-state index contributed by atoms with van der Waals surface area (Å²) < 4.78 is 5.30. The highest BCUT2D eigenvalue weighted by molar-refractivity contribution is 5.88. The predicted octanol–water partition coefficient (Wildman–Crippen LogP) is 2.55. The molecule has 0 amide bonds. The maximum Gasteiger partial charge on any atom is 0.147 e. The maximum atomic E-state index is 5.30. The SMILES string of the molecule is COc1c(C)ncc2ccccc12. The lowest BCUT2D eigenvalue weighted by Gasteiger charge is -2.06. The van der Waals surface area contributed by atoms with Crippen LogP contribution >= 0.6 is 0 Å². The fourth-order valence-corrected chi connectivity index (χ4v) is 1.49. The third kappa shape index (κ3) is 1.24. The molecule has 2 rings (SSSR count). The summed E-state index contributed by atoms with van der Waals surface area (Å²) in [7, 11) is 1.68. The van der Waals surface area contributed by atoms with Gasteiger partial charge in [0.1, 0.15) is 5.75 Å². The molecule has 1 aromatic heterocycles. The zero-order valence-corrected chi connectivity index (χ0v) is 7.74. The van der Waals surface area contributed by atoms with Gasteiger partial charge in [0.05, 0.1) is 12.8 Å². The molecule has 66 valence electrons. The molecular formula is C11H11NO. The summed E-state index contributed by atoms with van der Waals surface area (Å²) in [5, 5.41) is 2.24. The topological polar surface area (TPSA) is 22.1 Å². The largest absolute Gasteiger partial charge is 0.494 e. The summed E-state index contributed by atoms with van der Waals surface area (Å²) in [6.07, 6.45) is 1.87. The molecule has 2 nitrogen and oxygen atoms in total. The van der Waals surface area contributed by atoms with Crippen LogP contribution in [0.5, 0.6) is 5.75 Å². The Bertz CT molecular complexity index is 437. The van der Waals surface area contributed by atoms with E-state index in [1.54, 1.807) is 7.11 Å². The van der Waals surface area contributed by atoms with Crippen LogP contribution in [-0.2, 0) is 0 Å². The Morgan fingerprint density at radius 1 is 1.23 bits per heavy atom. The Hall–Kier alpha value is -1.57. The standard InChI is InChI=1S/C11H11NO/c1-8-11(13-2)10-6-4-3-5-9(10)7-12-8/h3-7H,1-2H3. The molecule has 0 atom stereocenters. The smallest absolute Gasteiger partial charge is 0.147 e. The number of aromatic nitrogens is 1. The van der Waals surface area contributed by atoms with Crippen LogP contribution in [0.25, 0.3) is 10.8 Å². The van der Waals surface area contributed by atoms with Crippen molar-refractivity contribution in [2.75, 3.05) is 7.11 Å². The van der Waals surface area contributed by atoms with Gasteiger partial charge in [0, 0.05) is 17.0 Å². The summed E-state index contributed by atoms with van der Waals surface area (Å²) in [6, 6.07) is 8.08. The molecule has 0 N–H and O–H groups in total. The van der Waals surface area contributed by atoms with E-state index in [-0.39, 0.29) is 0 Å². The lowest BCUT2D eigenvalue weighted by Crippen LogP contribution is -1.91. The summed E-state index contributed by atoms with van der Waals surface area (Å²) in [5.74, 6) is 0.873.